The number of halogens is 1. The second-order valence-electron chi connectivity index (χ2n) is 2.72. The number of rotatable bonds is 1. The number of aromatic nitrogens is 2. The number of imidazole rings is 1. The lowest BCUT2D eigenvalue weighted by Crippen LogP contribution is -1.90. The third kappa shape index (κ3) is 1.19. The van der Waals surface area contributed by atoms with Crippen LogP contribution in [0.1, 0.15) is 5.69 Å². The van der Waals surface area contributed by atoms with E-state index in [4.69, 9.17) is 21.3 Å². The molecule has 70 valence electrons. The van der Waals surface area contributed by atoms with Gasteiger partial charge in [-0.3, -0.25) is 0 Å². The Labute approximate surface area is 85.3 Å². The third-order valence-electron chi connectivity index (χ3n) is 1.87. The Morgan fingerprint density at radius 2 is 2.43 bits per heavy atom. The fourth-order valence-electron chi connectivity index (χ4n) is 1.18. The van der Waals surface area contributed by atoms with Crippen molar-refractivity contribution in [1.82, 2.24) is 9.55 Å². The van der Waals surface area contributed by atoms with E-state index in [1.807, 2.05) is 6.07 Å². The highest BCUT2D eigenvalue weighted by Gasteiger charge is 2.15. The average Bonchev–Trinajstić information content (AvgIpc) is 2.78. The van der Waals surface area contributed by atoms with Crippen molar-refractivity contribution in [3.05, 3.63) is 29.2 Å². The highest BCUT2D eigenvalue weighted by molar-refractivity contribution is 6.30. The lowest BCUT2D eigenvalue weighted by molar-refractivity contribution is 0.574. The van der Waals surface area contributed by atoms with Crippen LogP contribution in [0.3, 0.4) is 0 Å². The molecule has 0 saturated heterocycles. The molecule has 0 radical (unpaired) electrons. The number of nitriles is 1. The van der Waals surface area contributed by atoms with Crippen LogP contribution in [-0.2, 0) is 7.05 Å². The number of hydrogen-bond acceptors (Lipinski definition) is 3. The van der Waals surface area contributed by atoms with Crippen LogP contribution in [0.4, 0.5) is 0 Å². The summed E-state index contributed by atoms with van der Waals surface area (Å²) >= 11 is 5.87. The van der Waals surface area contributed by atoms with Gasteiger partial charge >= 0.3 is 0 Å². The summed E-state index contributed by atoms with van der Waals surface area (Å²) in [6.07, 6.45) is 1.55. The van der Waals surface area contributed by atoms with Crippen molar-refractivity contribution in [1.29, 1.82) is 5.26 Å². The van der Waals surface area contributed by atoms with Crippen molar-refractivity contribution in [2.75, 3.05) is 0 Å². The molecule has 0 atom stereocenters. The third-order valence-corrected chi connectivity index (χ3v) is 2.31. The number of furan rings is 1. The van der Waals surface area contributed by atoms with Gasteiger partial charge in [0.2, 0.25) is 0 Å². The molecule has 0 N–H and O–H groups in total. The molecule has 0 fully saturated rings. The van der Waals surface area contributed by atoms with Crippen molar-refractivity contribution < 1.29 is 4.42 Å². The van der Waals surface area contributed by atoms with Crippen LogP contribution in [-0.4, -0.2) is 9.55 Å². The van der Waals surface area contributed by atoms with Crippen LogP contribution >= 0.6 is 11.6 Å². The number of hydrogen-bond donors (Lipinski definition) is 0. The van der Waals surface area contributed by atoms with Crippen molar-refractivity contribution >= 4 is 11.6 Å². The topological polar surface area (TPSA) is 54.8 Å². The van der Waals surface area contributed by atoms with Gasteiger partial charge in [0.15, 0.2) is 17.3 Å². The molecular formula is C9H6ClN3O. The molecule has 0 bridgehead atoms. The zero-order chi connectivity index (χ0) is 10.1. The summed E-state index contributed by atoms with van der Waals surface area (Å²) in [4.78, 5) is 4.05. The molecule has 0 unspecified atom stereocenters. The van der Waals surface area contributed by atoms with E-state index in [2.05, 4.69) is 4.98 Å². The molecule has 2 rings (SSSR count). The van der Waals surface area contributed by atoms with E-state index < -0.39 is 0 Å². The fraction of sp³-hybridized carbons (Fsp3) is 0.111. The van der Waals surface area contributed by atoms with E-state index in [0.29, 0.717) is 16.7 Å². The second-order valence-corrected chi connectivity index (χ2v) is 3.08. The van der Waals surface area contributed by atoms with Crippen LogP contribution in [0, 0.1) is 11.3 Å². The first-order chi connectivity index (χ1) is 6.74. The monoisotopic (exact) mass is 207 g/mol. The summed E-state index contributed by atoms with van der Waals surface area (Å²) in [7, 11) is 1.73. The molecule has 0 aliphatic rings. The van der Waals surface area contributed by atoms with Gasteiger partial charge in [0.25, 0.3) is 0 Å². The first-order valence-electron chi connectivity index (χ1n) is 3.90. The Morgan fingerprint density at radius 1 is 1.64 bits per heavy atom. The molecule has 2 aromatic rings. The quantitative estimate of drug-likeness (QED) is 0.721. The smallest absolute Gasteiger partial charge is 0.178 e. The van der Waals surface area contributed by atoms with E-state index in [-0.39, 0.29) is 5.69 Å². The highest BCUT2D eigenvalue weighted by atomic mass is 35.5. The Balaban J connectivity index is 2.62. The van der Waals surface area contributed by atoms with Gasteiger partial charge in [-0.1, -0.05) is 11.6 Å². The standard InChI is InChI=1S/C9H6ClN3O/c1-13-8(10)6(5-11)12-9(13)7-3-2-4-14-7/h2-4H,1H3. The lowest BCUT2D eigenvalue weighted by atomic mass is 10.4. The molecule has 0 aliphatic carbocycles. The fourth-order valence-corrected chi connectivity index (χ4v) is 1.34. The van der Waals surface area contributed by atoms with Gasteiger partial charge < -0.3 is 8.98 Å². The Morgan fingerprint density at radius 3 is 2.93 bits per heavy atom. The summed E-state index contributed by atoms with van der Waals surface area (Å²) in [6.45, 7) is 0. The van der Waals surface area contributed by atoms with Crippen LogP contribution in [0.5, 0.6) is 0 Å². The lowest BCUT2D eigenvalue weighted by Gasteiger charge is -1.96. The van der Waals surface area contributed by atoms with E-state index >= 15 is 0 Å². The van der Waals surface area contributed by atoms with Gasteiger partial charge in [-0.05, 0) is 12.1 Å². The summed E-state index contributed by atoms with van der Waals surface area (Å²) in [5, 5.41) is 9.03. The minimum Gasteiger partial charge on any atom is -0.461 e. The first-order valence-corrected chi connectivity index (χ1v) is 4.28. The maximum Gasteiger partial charge on any atom is 0.178 e. The Hall–Kier alpha value is -1.73. The van der Waals surface area contributed by atoms with Crippen molar-refractivity contribution in [2.24, 2.45) is 7.05 Å². The largest absolute Gasteiger partial charge is 0.461 e. The summed E-state index contributed by atoms with van der Waals surface area (Å²) in [6, 6.07) is 5.43. The molecule has 5 heteroatoms. The van der Waals surface area contributed by atoms with Gasteiger partial charge in [-0.25, -0.2) is 4.98 Å². The Bertz CT molecular complexity index is 493. The number of nitrogens with zero attached hydrogens (tertiary/aromatic N) is 3. The van der Waals surface area contributed by atoms with Crippen LogP contribution in [0.15, 0.2) is 22.8 Å². The average molecular weight is 208 g/mol. The van der Waals surface area contributed by atoms with E-state index in [1.165, 1.54) is 0 Å². The highest BCUT2D eigenvalue weighted by Crippen LogP contribution is 2.24. The molecule has 2 aromatic heterocycles. The molecule has 0 aromatic carbocycles. The predicted molar refractivity (Wildman–Crippen MR) is 50.6 cm³/mol. The van der Waals surface area contributed by atoms with Crippen molar-refractivity contribution in [3.8, 4) is 17.7 Å². The molecular weight excluding hydrogens is 202 g/mol. The summed E-state index contributed by atoms with van der Waals surface area (Å²) in [5.41, 5.74) is 0.209. The normalized spacial score (nSPS) is 10.1. The van der Waals surface area contributed by atoms with Gasteiger partial charge in [0, 0.05) is 7.05 Å². The van der Waals surface area contributed by atoms with E-state index in [9.17, 15) is 0 Å². The van der Waals surface area contributed by atoms with Crippen LogP contribution in [0.25, 0.3) is 11.6 Å². The van der Waals surface area contributed by atoms with Crippen LogP contribution in [0.2, 0.25) is 5.15 Å². The first kappa shape index (κ1) is 8.85. The predicted octanol–water partition coefficient (Wildman–Crippen LogP) is 2.21. The molecule has 14 heavy (non-hydrogen) atoms. The summed E-state index contributed by atoms with van der Waals surface area (Å²) in [5.74, 6) is 1.15. The van der Waals surface area contributed by atoms with Gasteiger partial charge in [0.05, 0.1) is 6.26 Å². The van der Waals surface area contributed by atoms with Gasteiger partial charge in [-0.2, -0.15) is 5.26 Å². The van der Waals surface area contributed by atoms with Crippen LogP contribution < -0.4 is 0 Å². The van der Waals surface area contributed by atoms with E-state index in [1.54, 1.807) is 30.0 Å². The maximum atomic E-state index is 8.71. The van der Waals surface area contributed by atoms with Gasteiger partial charge in [-0.15, -0.1) is 0 Å². The van der Waals surface area contributed by atoms with Gasteiger partial charge in [0.1, 0.15) is 11.2 Å². The molecule has 0 saturated carbocycles. The molecule has 2 heterocycles. The minimum atomic E-state index is 0.209. The summed E-state index contributed by atoms with van der Waals surface area (Å²) < 4.78 is 6.77. The van der Waals surface area contributed by atoms with E-state index in [0.717, 1.165) is 0 Å². The Kier molecular flexibility index (Phi) is 2.02. The molecule has 0 amide bonds. The zero-order valence-corrected chi connectivity index (χ0v) is 8.12. The molecule has 0 spiro atoms. The van der Waals surface area contributed by atoms with Crippen molar-refractivity contribution in [2.45, 2.75) is 0 Å². The second kappa shape index (κ2) is 3.20. The maximum absolute atomic E-state index is 8.71. The van der Waals surface area contributed by atoms with Crippen molar-refractivity contribution in [3.63, 3.8) is 0 Å². The minimum absolute atomic E-state index is 0.209. The zero-order valence-electron chi connectivity index (χ0n) is 7.36. The molecule has 4 nitrogen and oxygen atoms in total. The SMILES string of the molecule is Cn1c(-c2ccco2)nc(C#N)c1Cl. The molecule has 0 aliphatic heterocycles.